The van der Waals surface area contributed by atoms with E-state index in [0.29, 0.717) is 5.92 Å². The van der Waals surface area contributed by atoms with Crippen molar-refractivity contribution in [3.8, 4) is 0 Å². The Morgan fingerprint density at radius 1 is 1.50 bits per heavy atom. The zero-order valence-corrected chi connectivity index (χ0v) is 9.03. The molecule has 0 radical (unpaired) electrons. The summed E-state index contributed by atoms with van der Waals surface area (Å²) in [4.78, 5) is 5.58. The van der Waals surface area contributed by atoms with Crippen LogP contribution >= 0.6 is 27.3 Å². The van der Waals surface area contributed by atoms with Crippen LogP contribution in [0, 0.1) is 0 Å². The van der Waals surface area contributed by atoms with Gasteiger partial charge < -0.3 is 4.74 Å². The van der Waals surface area contributed by atoms with Crippen molar-refractivity contribution in [2.75, 3.05) is 13.2 Å². The van der Waals surface area contributed by atoms with Gasteiger partial charge in [-0.05, 0) is 34.7 Å². The largest absolute Gasteiger partial charge is 0.381 e. The predicted octanol–water partition coefficient (Wildman–Crippen LogP) is 2.80. The van der Waals surface area contributed by atoms with Crippen LogP contribution in [-0.2, 0) is 4.74 Å². The van der Waals surface area contributed by atoms with Gasteiger partial charge in [0.15, 0.2) is 3.92 Å². The fourth-order valence-electron chi connectivity index (χ4n) is 1.44. The monoisotopic (exact) mass is 247 g/mol. The highest BCUT2D eigenvalue weighted by molar-refractivity contribution is 9.11. The molecular weight excluding hydrogens is 238 g/mol. The van der Waals surface area contributed by atoms with Crippen LogP contribution in [0.2, 0.25) is 0 Å². The van der Waals surface area contributed by atoms with Crippen LogP contribution < -0.4 is 0 Å². The van der Waals surface area contributed by atoms with Crippen molar-refractivity contribution < 1.29 is 4.74 Å². The van der Waals surface area contributed by atoms with E-state index in [1.165, 1.54) is 4.88 Å². The second-order valence-electron chi connectivity index (χ2n) is 2.90. The maximum atomic E-state index is 5.30. The van der Waals surface area contributed by atoms with E-state index in [-0.39, 0.29) is 0 Å². The third kappa shape index (κ3) is 1.87. The van der Waals surface area contributed by atoms with E-state index in [0.717, 1.165) is 30.0 Å². The molecule has 0 spiro atoms. The summed E-state index contributed by atoms with van der Waals surface area (Å²) < 4.78 is 6.29. The second kappa shape index (κ2) is 3.85. The summed E-state index contributed by atoms with van der Waals surface area (Å²) in [5.41, 5.74) is 0. The van der Waals surface area contributed by atoms with Gasteiger partial charge in [-0.3, -0.25) is 0 Å². The number of ether oxygens (including phenoxy) is 1. The zero-order chi connectivity index (χ0) is 8.39. The Balaban J connectivity index is 2.08. The first-order valence-corrected chi connectivity index (χ1v) is 5.66. The van der Waals surface area contributed by atoms with Gasteiger partial charge in [-0.25, -0.2) is 4.98 Å². The minimum absolute atomic E-state index is 0.683. The lowest BCUT2D eigenvalue weighted by atomic mass is 9.99. The molecule has 12 heavy (non-hydrogen) atoms. The van der Waals surface area contributed by atoms with Crippen LogP contribution in [0.5, 0.6) is 0 Å². The molecular formula is C8H10BrNOS. The van der Waals surface area contributed by atoms with Gasteiger partial charge in [-0.15, -0.1) is 11.3 Å². The molecule has 1 aromatic heterocycles. The molecule has 1 saturated heterocycles. The van der Waals surface area contributed by atoms with E-state index < -0.39 is 0 Å². The molecule has 0 bridgehead atoms. The molecule has 66 valence electrons. The number of hydrogen-bond acceptors (Lipinski definition) is 3. The van der Waals surface area contributed by atoms with Gasteiger partial charge in [0.25, 0.3) is 0 Å². The van der Waals surface area contributed by atoms with Gasteiger partial charge in [0, 0.05) is 24.3 Å². The molecule has 2 heterocycles. The number of nitrogens with zero attached hydrogens (tertiary/aromatic N) is 1. The Morgan fingerprint density at radius 3 is 2.83 bits per heavy atom. The van der Waals surface area contributed by atoms with E-state index >= 15 is 0 Å². The summed E-state index contributed by atoms with van der Waals surface area (Å²) in [6, 6.07) is 0. The van der Waals surface area contributed by atoms with E-state index in [9.17, 15) is 0 Å². The molecule has 2 nitrogen and oxygen atoms in total. The van der Waals surface area contributed by atoms with E-state index in [2.05, 4.69) is 20.9 Å². The minimum Gasteiger partial charge on any atom is -0.381 e. The van der Waals surface area contributed by atoms with Crippen molar-refractivity contribution in [3.05, 3.63) is 15.0 Å². The number of hydrogen-bond donors (Lipinski definition) is 0. The van der Waals surface area contributed by atoms with Crippen molar-refractivity contribution in [1.82, 2.24) is 4.98 Å². The molecule has 0 aliphatic carbocycles. The zero-order valence-electron chi connectivity index (χ0n) is 6.62. The normalized spacial score (nSPS) is 19.8. The molecule has 0 N–H and O–H groups in total. The lowest BCUT2D eigenvalue weighted by Crippen LogP contribution is -2.12. The molecule has 0 unspecified atom stereocenters. The summed E-state index contributed by atoms with van der Waals surface area (Å²) in [5, 5.41) is 0. The summed E-state index contributed by atoms with van der Waals surface area (Å²) in [7, 11) is 0. The van der Waals surface area contributed by atoms with Crippen LogP contribution in [0.3, 0.4) is 0 Å². The van der Waals surface area contributed by atoms with Gasteiger partial charge in [0.1, 0.15) is 0 Å². The first kappa shape index (κ1) is 8.66. The summed E-state index contributed by atoms with van der Waals surface area (Å²) in [6.45, 7) is 1.81. The number of aromatic nitrogens is 1. The quantitative estimate of drug-likeness (QED) is 0.762. The predicted molar refractivity (Wildman–Crippen MR) is 52.6 cm³/mol. The highest BCUT2D eigenvalue weighted by Crippen LogP contribution is 2.32. The Morgan fingerprint density at radius 2 is 2.25 bits per heavy atom. The molecule has 1 aliphatic heterocycles. The van der Waals surface area contributed by atoms with E-state index in [1.807, 2.05) is 6.20 Å². The van der Waals surface area contributed by atoms with Crippen LogP contribution in [0.15, 0.2) is 10.1 Å². The summed E-state index contributed by atoms with van der Waals surface area (Å²) in [5.74, 6) is 0.683. The van der Waals surface area contributed by atoms with Gasteiger partial charge in [0.2, 0.25) is 0 Å². The first-order valence-electron chi connectivity index (χ1n) is 4.05. The number of rotatable bonds is 1. The maximum absolute atomic E-state index is 5.30. The molecule has 0 amide bonds. The topological polar surface area (TPSA) is 22.1 Å². The Labute approximate surface area is 84.1 Å². The third-order valence-electron chi connectivity index (χ3n) is 2.12. The molecule has 0 saturated carbocycles. The van der Waals surface area contributed by atoms with Crippen LogP contribution in [0.1, 0.15) is 23.6 Å². The average Bonchev–Trinajstić information content (AvgIpc) is 2.54. The number of halogens is 1. The lowest BCUT2D eigenvalue weighted by molar-refractivity contribution is 0.0860. The standard InChI is InChI=1S/C8H10BrNOS/c9-8-10-5-7(12-8)6-1-3-11-4-2-6/h5-6H,1-4H2. The van der Waals surface area contributed by atoms with E-state index in [1.54, 1.807) is 11.3 Å². The SMILES string of the molecule is Brc1ncc(C2CCOCC2)s1. The minimum atomic E-state index is 0.683. The van der Waals surface area contributed by atoms with Crippen LogP contribution in [-0.4, -0.2) is 18.2 Å². The molecule has 0 atom stereocenters. The summed E-state index contributed by atoms with van der Waals surface area (Å²) >= 11 is 5.12. The molecule has 4 heteroatoms. The Bertz CT molecular complexity index is 257. The highest BCUT2D eigenvalue weighted by Gasteiger charge is 2.17. The molecule has 1 aromatic rings. The average molecular weight is 248 g/mol. The number of thiazole rings is 1. The van der Waals surface area contributed by atoms with Crippen molar-refractivity contribution in [1.29, 1.82) is 0 Å². The molecule has 2 rings (SSSR count). The van der Waals surface area contributed by atoms with Gasteiger partial charge in [-0.1, -0.05) is 0 Å². The van der Waals surface area contributed by atoms with Crippen molar-refractivity contribution in [2.24, 2.45) is 0 Å². The van der Waals surface area contributed by atoms with Gasteiger partial charge in [0.05, 0.1) is 0 Å². The van der Waals surface area contributed by atoms with Crippen LogP contribution in [0.4, 0.5) is 0 Å². The summed E-state index contributed by atoms with van der Waals surface area (Å²) in [6.07, 6.45) is 4.27. The molecule has 0 aromatic carbocycles. The first-order chi connectivity index (χ1) is 5.86. The van der Waals surface area contributed by atoms with Crippen molar-refractivity contribution in [3.63, 3.8) is 0 Å². The van der Waals surface area contributed by atoms with Crippen molar-refractivity contribution >= 4 is 27.3 Å². The van der Waals surface area contributed by atoms with Gasteiger partial charge in [-0.2, -0.15) is 0 Å². The maximum Gasteiger partial charge on any atom is 0.159 e. The fourth-order valence-corrected chi connectivity index (χ4v) is 2.91. The third-order valence-corrected chi connectivity index (χ3v) is 3.76. The second-order valence-corrected chi connectivity index (χ2v) is 5.24. The Kier molecular flexibility index (Phi) is 2.78. The molecule has 1 fully saturated rings. The van der Waals surface area contributed by atoms with Crippen molar-refractivity contribution in [2.45, 2.75) is 18.8 Å². The molecule has 1 aliphatic rings. The smallest absolute Gasteiger partial charge is 0.159 e. The fraction of sp³-hybridized carbons (Fsp3) is 0.625. The van der Waals surface area contributed by atoms with Gasteiger partial charge >= 0.3 is 0 Å². The highest BCUT2D eigenvalue weighted by atomic mass is 79.9. The Hall–Kier alpha value is 0.0700. The van der Waals surface area contributed by atoms with Crippen LogP contribution in [0.25, 0.3) is 0 Å². The lowest BCUT2D eigenvalue weighted by Gasteiger charge is -2.19. The van der Waals surface area contributed by atoms with E-state index in [4.69, 9.17) is 4.74 Å².